The zero-order chi connectivity index (χ0) is 14.0. The molecule has 1 aliphatic carbocycles. The molecule has 19 heavy (non-hydrogen) atoms. The first-order valence-electron chi connectivity index (χ1n) is 6.07. The van der Waals surface area contributed by atoms with E-state index in [0.717, 1.165) is 27.4 Å². The van der Waals surface area contributed by atoms with E-state index in [4.69, 9.17) is 0 Å². The minimum Gasteiger partial charge on any atom is -0.313 e. The minimum absolute atomic E-state index is 0.0796. The third-order valence-electron chi connectivity index (χ3n) is 2.83. The molecule has 2 rings (SSSR count). The first-order valence-corrected chi connectivity index (χ1v) is 9.31. The molecule has 7 heteroatoms. The van der Waals surface area contributed by atoms with Gasteiger partial charge in [-0.05, 0) is 69.3 Å². The summed E-state index contributed by atoms with van der Waals surface area (Å²) in [5.74, 6) is 0.0796. The van der Waals surface area contributed by atoms with E-state index >= 15 is 0 Å². The number of rotatable bonds is 6. The lowest BCUT2D eigenvalue weighted by atomic mass is 10.2. The summed E-state index contributed by atoms with van der Waals surface area (Å²) in [6.07, 6.45) is 2.31. The molecule has 0 aromatic heterocycles. The van der Waals surface area contributed by atoms with Crippen molar-refractivity contribution in [3.05, 3.63) is 26.6 Å². The minimum atomic E-state index is -3.33. The van der Waals surface area contributed by atoms with Crippen LogP contribution in [0.3, 0.4) is 0 Å². The summed E-state index contributed by atoms with van der Waals surface area (Å²) in [6, 6.07) is 4.28. The number of halogens is 2. The molecule has 4 nitrogen and oxygen atoms in total. The molecule has 1 fully saturated rings. The van der Waals surface area contributed by atoms with Crippen molar-refractivity contribution in [1.29, 1.82) is 0 Å². The largest absolute Gasteiger partial charge is 0.313 e. The van der Waals surface area contributed by atoms with Gasteiger partial charge in [-0.3, -0.25) is 4.72 Å². The van der Waals surface area contributed by atoms with Crippen LogP contribution in [0, 0.1) is 6.92 Å². The Kier molecular flexibility index (Phi) is 4.92. The van der Waals surface area contributed by atoms with Gasteiger partial charge in [-0.25, -0.2) is 8.42 Å². The Hall–Kier alpha value is -0.110. The number of hydrogen-bond acceptors (Lipinski definition) is 3. The standard InChI is InChI=1S/C12H16Br2N2O2S/c1-8-6-10(13)12(11(14)7-8)16-19(17,18)5-4-15-9-2-3-9/h6-7,9,15-16H,2-5H2,1H3. The molecule has 1 saturated carbocycles. The van der Waals surface area contributed by atoms with Crippen molar-refractivity contribution in [1.82, 2.24) is 5.32 Å². The number of anilines is 1. The Morgan fingerprint density at radius 3 is 2.37 bits per heavy atom. The van der Waals surface area contributed by atoms with Gasteiger partial charge in [-0.15, -0.1) is 0 Å². The molecular formula is C12H16Br2N2O2S. The fraction of sp³-hybridized carbons (Fsp3) is 0.500. The van der Waals surface area contributed by atoms with Gasteiger partial charge in [0.25, 0.3) is 0 Å². The highest BCUT2D eigenvalue weighted by Gasteiger charge is 2.21. The summed E-state index contributed by atoms with van der Waals surface area (Å²) in [7, 11) is -3.33. The molecule has 1 aromatic carbocycles. The second-order valence-electron chi connectivity index (χ2n) is 4.75. The van der Waals surface area contributed by atoms with Crippen LogP contribution in [-0.4, -0.2) is 26.8 Å². The van der Waals surface area contributed by atoms with E-state index in [-0.39, 0.29) is 5.75 Å². The van der Waals surface area contributed by atoms with E-state index < -0.39 is 10.0 Å². The topological polar surface area (TPSA) is 58.2 Å². The van der Waals surface area contributed by atoms with E-state index in [1.165, 1.54) is 0 Å². The second-order valence-corrected chi connectivity index (χ2v) is 8.30. The van der Waals surface area contributed by atoms with Crippen LogP contribution in [-0.2, 0) is 10.0 Å². The van der Waals surface area contributed by atoms with Crippen molar-refractivity contribution >= 4 is 47.6 Å². The van der Waals surface area contributed by atoms with Gasteiger partial charge in [0.05, 0.1) is 11.4 Å². The number of sulfonamides is 1. The normalized spacial score (nSPS) is 15.5. The van der Waals surface area contributed by atoms with Gasteiger partial charge in [0.15, 0.2) is 0 Å². The molecule has 0 amide bonds. The summed E-state index contributed by atoms with van der Waals surface area (Å²) < 4.78 is 28.1. The summed E-state index contributed by atoms with van der Waals surface area (Å²) >= 11 is 6.76. The first kappa shape index (κ1) is 15.3. The van der Waals surface area contributed by atoms with Crippen LogP contribution in [0.4, 0.5) is 5.69 Å². The van der Waals surface area contributed by atoms with Crippen LogP contribution in [0.15, 0.2) is 21.1 Å². The highest BCUT2D eigenvalue weighted by molar-refractivity contribution is 9.11. The molecule has 0 unspecified atom stereocenters. The van der Waals surface area contributed by atoms with Gasteiger partial charge < -0.3 is 5.32 Å². The van der Waals surface area contributed by atoms with Crippen molar-refractivity contribution in [3.63, 3.8) is 0 Å². The fourth-order valence-electron chi connectivity index (χ4n) is 1.69. The Labute approximate surface area is 130 Å². The number of aryl methyl sites for hydroxylation is 1. The summed E-state index contributed by atoms with van der Waals surface area (Å²) in [4.78, 5) is 0. The van der Waals surface area contributed by atoms with E-state index in [9.17, 15) is 8.42 Å². The molecule has 0 radical (unpaired) electrons. The molecular weight excluding hydrogens is 396 g/mol. The third-order valence-corrected chi connectivity index (χ3v) is 5.33. The first-order chi connectivity index (χ1) is 8.87. The van der Waals surface area contributed by atoms with Crippen molar-refractivity contribution in [2.24, 2.45) is 0 Å². The van der Waals surface area contributed by atoms with E-state index in [1.54, 1.807) is 0 Å². The smallest absolute Gasteiger partial charge is 0.234 e. The molecule has 0 heterocycles. The quantitative estimate of drug-likeness (QED) is 0.756. The molecule has 2 N–H and O–H groups in total. The molecule has 1 aromatic rings. The van der Waals surface area contributed by atoms with Crippen LogP contribution in [0.25, 0.3) is 0 Å². The number of nitrogens with one attached hydrogen (secondary N) is 2. The van der Waals surface area contributed by atoms with Crippen LogP contribution in [0.5, 0.6) is 0 Å². The maximum absolute atomic E-state index is 12.0. The third kappa shape index (κ3) is 4.73. The lowest BCUT2D eigenvalue weighted by Crippen LogP contribution is -2.28. The van der Waals surface area contributed by atoms with Gasteiger partial charge in [-0.1, -0.05) is 0 Å². The van der Waals surface area contributed by atoms with Crippen molar-refractivity contribution in [2.75, 3.05) is 17.0 Å². The SMILES string of the molecule is Cc1cc(Br)c(NS(=O)(=O)CCNC2CC2)c(Br)c1. The molecule has 106 valence electrons. The van der Waals surface area contributed by atoms with Crippen molar-refractivity contribution in [2.45, 2.75) is 25.8 Å². The molecule has 0 atom stereocenters. The zero-order valence-corrected chi connectivity index (χ0v) is 14.5. The van der Waals surface area contributed by atoms with Crippen LogP contribution in [0.1, 0.15) is 18.4 Å². The predicted octanol–water partition coefficient (Wildman–Crippen LogP) is 3.01. The Morgan fingerprint density at radius 1 is 1.26 bits per heavy atom. The van der Waals surface area contributed by atoms with Gasteiger partial charge in [0.2, 0.25) is 10.0 Å². The van der Waals surface area contributed by atoms with Crippen LogP contribution < -0.4 is 10.0 Å². The fourth-order valence-corrected chi connectivity index (χ4v) is 4.58. The Morgan fingerprint density at radius 2 is 1.84 bits per heavy atom. The van der Waals surface area contributed by atoms with Crippen LogP contribution >= 0.6 is 31.9 Å². The van der Waals surface area contributed by atoms with Gasteiger partial charge in [0.1, 0.15) is 0 Å². The average molecular weight is 412 g/mol. The summed E-state index contributed by atoms with van der Waals surface area (Å²) in [5.41, 5.74) is 1.61. The Bertz CT molecular complexity index is 548. The zero-order valence-electron chi connectivity index (χ0n) is 10.5. The van der Waals surface area contributed by atoms with E-state index in [1.807, 2.05) is 19.1 Å². The van der Waals surface area contributed by atoms with E-state index in [0.29, 0.717) is 18.3 Å². The molecule has 0 bridgehead atoms. The van der Waals surface area contributed by atoms with Crippen LogP contribution in [0.2, 0.25) is 0 Å². The highest BCUT2D eigenvalue weighted by Crippen LogP contribution is 2.33. The second kappa shape index (κ2) is 6.11. The maximum Gasteiger partial charge on any atom is 0.234 e. The molecule has 0 spiro atoms. The highest BCUT2D eigenvalue weighted by atomic mass is 79.9. The number of benzene rings is 1. The lowest BCUT2D eigenvalue weighted by Gasteiger charge is -2.12. The van der Waals surface area contributed by atoms with Crippen molar-refractivity contribution < 1.29 is 8.42 Å². The monoisotopic (exact) mass is 410 g/mol. The Balaban J connectivity index is 2.02. The predicted molar refractivity (Wildman–Crippen MR) is 85.0 cm³/mol. The van der Waals surface area contributed by atoms with Gasteiger partial charge >= 0.3 is 0 Å². The average Bonchev–Trinajstić information content (AvgIpc) is 3.07. The maximum atomic E-state index is 12.0. The molecule has 0 saturated heterocycles. The van der Waals surface area contributed by atoms with Crippen molar-refractivity contribution in [3.8, 4) is 0 Å². The van der Waals surface area contributed by atoms with Gasteiger partial charge in [0, 0.05) is 21.5 Å². The summed E-state index contributed by atoms with van der Waals surface area (Å²) in [6.45, 7) is 2.44. The lowest BCUT2D eigenvalue weighted by molar-refractivity contribution is 0.595. The van der Waals surface area contributed by atoms with Gasteiger partial charge in [-0.2, -0.15) is 0 Å². The molecule has 0 aliphatic heterocycles. The van der Waals surface area contributed by atoms with E-state index in [2.05, 4.69) is 41.9 Å². The number of hydrogen-bond donors (Lipinski definition) is 2. The molecule has 1 aliphatic rings. The summed E-state index contributed by atoms with van der Waals surface area (Å²) in [5, 5.41) is 3.19.